The zero-order chi connectivity index (χ0) is 14.1. The first-order valence-corrected chi connectivity index (χ1v) is 6.83. The van der Waals surface area contributed by atoms with Crippen LogP contribution in [0.5, 0.6) is 11.5 Å². The molecule has 1 aromatic carbocycles. The number of para-hydroxylation sites is 1. The van der Waals surface area contributed by atoms with Gasteiger partial charge in [0.25, 0.3) is 0 Å². The predicted octanol–water partition coefficient (Wildman–Crippen LogP) is 2.14. The smallest absolute Gasteiger partial charge is 0.165 e. The minimum Gasteiger partial charge on any atom is -0.493 e. The zero-order valence-electron chi connectivity index (χ0n) is 12.5. The summed E-state index contributed by atoms with van der Waals surface area (Å²) >= 11 is 0. The van der Waals surface area contributed by atoms with E-state index >= 15 is 0 Å². The van der Waals surface area contributed by atoms with Gasteiger partial charge >= 0.3 is 0 Å². The molecule has 0 aliphatic heterocycles. The van der Waals surface area contributed by atoms with Crippen molar-refractivity contribution < 1.29 is 9.47 Å². The van der Waals surface area contributed by atoms with Crippen LogP contribution >= 0.6 is 0 Å². The maximum Gasteiger partial charge on any atom is 0.165 e. The molecule has 1 rings (SSSR count). The third kappa shape index (κ3) is 5.49. The molecule has 0 spiro atoms. The molecule has 19 heavy (non-hydrogen) atoms. The molecule has 0 aliphatic carbocycles. The fourth-order valence-corrected chi connectivity index (χ4v) is 1.76. The Hall–Kier alpha value is -1.26. The summed E-state index contributed by atoms with van der Waals surface area (Å²) in [5, 5.41) is 3.40. The minimum absolute atomic E-state index is 0.661. The van der Waals surface area contributed by atoms with E-state index in [1.165, 1.54) is 0 Å². The van der Waals surface area contributed by atoms with Gasteiger partial charge < -0.3 is 19.7 Å². The first-order valence-electron chi connectivity index (χ1n) is 6.83. The molecule has 0 radical (unpaired) electrons. The molecule has 0 heterocycles. The first kappa shape index (κ1) is 15.8. The Morgan fingerprint density at radius 1 is 1.26 bits per heavy atom. The highest BCUT2D eigenvalue weighted by Crippen LogP contribution is 2.30. The second-order valence-corrected chi connectivity index (χ2v) is 4.78. The fraction of sp³-hybridized carbons (Fsp3) is 0.600. The van der Waals surface area contributed by atoms with Gasteiger partial charge in [0.2, 0.25) is 0 Å². The summed E-state index contributed by atoms with van der Waals surface area (Å²) in [6.45, 7) is 5.53. The summed E-state index contributed by atoms with van der Waals surface area (Å²) in [6, 6.07) is 6.02. The summed E-state index contributed by atoms with van der Waals surface area (Å²) in [4.78, 5) is 2.10. The van der Waals surface area contributed by atoms with Gasteiger partial charge in [-0.05, 0) is 33.1 Å². The van der Waals surface area contributed by atoms with Crippen LogP contribution in [0.15, 0.2) is 18.2 Å². The molecule has 0 aromatic heterocycles. The van der Waals surface area contributed by atoms with Gasteiger partial charge in [0.05, 0.1) is 7.11 Å². The van der Waals surface area contributed by atoms with E-state index in [0.717, 1.165) is 43.1 Å². The van der Waals surface area contributed by atoms with Crippen LogP contribution in [0.1, 0.15) is 18.9 Å². The molecule has 1 aromatic rings. The van der Waals surface area contributed by atoms with E-state index in [1.54, 1.807) is 7.11 Å². The van der Waals surface area contributed by atoms with Gasteiger partial charge in [0, 0.05) is 18.7 Å². The van der Waals surface area contributed by atoms with Gasteiger partial charge in [-0.25, -0.2) is 0 Å². The number of hydrogen-bond acceptors (Lipinski definition) is 4. The lowest BCUT2D eigenvalue weighted by atomic mass is 10.2. The van der Waals surface area contributed by atoms with Gasteiger partial charge in [0.15, 0.2) is 11.5 Å². The normalized spacial score (nSPS) is 10.8. The lowest BCUT2D eigenvalue weighted by molar-refractivity contribution is 0.248. The quantitative estimate of drug-likeness (QED) is 0.694. The van der Waals surface area contributed by atoms with E-state index in [2.05, 4.69) is 23.2 Å². The molecule has 0 saturated heterocycles. The molecule has 4 nitrogen and oxygen atoms in total. The molecular formula is C15H26N2O2. The molecule has 0 bridgehead atoms. The Morgan fingerprint density at radius 3 is 2.68 bits per heavy atom. The van der Waals surface area contributed by atoms with E-state index in [-0.39, 0.29) is 0 Å². The molecule has 1 N–H and O–H groups in total. The molecule has 4 heteroatoms. The second kappa shape index (κ2) is 8.77. The fourth-order valence-electron chi connectivity index (χ4n) is 1.76. The highest BCUT2D eigenvalue weighted by atomic mass is 16.5. The van der Waals surface area contributed by atoms with Crippen molar-refractivity contribution in [3.8, 4) is 11.5 Å². The van der Waals surface area contributed by atoms with Gasteiger partial charge in [-0.15, -0.1) is 0 Å². The minimum atomic E-state index is 0.661. The van der Waals surface area contributed by atoms with E-state index in [1.807, 2.05) is 26.2 Å². The van der Waals surface area contributed by atoms with Crippen LogP contribution in [0, 0.1) is 0 Å². The SMILES string of the molecule is CCCNCc1cccc(OC)c1OCCN(C)C. The average Bonchev–Trinajstić information content (AvgIpc) is 2.40. The molecule has 0 atom stereocenters. The van der Waals surface area contributed by atoms with Gasteiger partial charge in [-0.2, -0.15) is 0 Å². The van der Waals surface area contributed by atoms with Crippen LogP contribution in [-0.2, 0) is 6.54 Å². The third-order valence-corrected chi connectivity index (χ3v) is 2.81. The Balaban J connectivity index is 2.71. The Morgan fingerprint density at radius 2 is 2.05 bits per heavy atom. The van der Waals surface area contributed by atoms with Crippen molar-refractivity contribution >= 4 is 0 Å². The number of ether oxygens (including phenoxy) is 2. The summed E-state index contributed by atoms with van der Waals surface area (Å²) in [5.41, 5.74) is 1.14. The van der Waals surface area contributed by atoms with Crippen LogP contribution < -0.4 is 14.8 Å². The second-order valence-electron chi connectivity index (χ2n) is 4.78. The number of hydrogen-bond donors (Lipinski definition) is 1. The summed E-state index contributed by atoms with van der Waals surface area (Å²) in [7, 11) is 5.75. The van der Waals surface area contributed by atoms with Crippen molar-refractivity contribution in [2.24, 2.45) is 0 Å². The van der Waals surface area contributed by atoms with E-state index in [9.17, 15) is 0 Å². The lowest BCUT2D eigenvalue weighted by Crippen LogP contribution is -2.20. The summed E-state index contributed by atoms with van der Waals surface area (Å²) in [6.07, 6.45) is 1.13. The number of benzene rings is 1. The van der Waals surface area contributed by atoms with Crippen molar-refractivity contribution in [3.63, 3.8) is 0 Å². The van der Waals surface area contributed by atoms with Crippen LogP contribution in [0.2, 0.25) is 0 Å². The molecular weight excluding hydrogens is 240 g/mol. The maximum atomic E-state index is 5.89. The van der Waals surface area contributed by atoms with E-state index in [4.69, 9.17) is 9.47 Å². The van der Waals surface area contributed by atoms with Crippen molar-refractivity contribution in [3.05, 3.63) is 23.8 Å². The van der Waals surface area contributed by atoms with Crippen LogP contribution in [0.4, 0.5) is 0 Å². The Bertz CT molecular complexity index is 367. The van der Waals surface area contributed by atoms with Crippen molar-refractivity contribution in [1.29, 1.82) is 0 Å². The van der Waals surface area contributed by atoms with Crippen molar-refractivity contribution in [2.75, 3.05) is 40.9 Å². The van der Waals surface area contributed by atoms with Gasteiger partial charge in [-0.3, -0.25) is 0 Å². The Kier molecular flexibility index (Phi) is 7.30. The largest absolute Gasteiger partial charge is 0.493 e. The van der Waals surface area contributed by atoms with Crippen molar-refractivity contribution in [1.82, 2.24) is 10.2 Å². The molecule has 0 fully saturated rings. The maximum absolute atomic E-state index is 5.89. The third-order valence-electron chi connectivity index (χ3n) is 2.81. The molecule has 0 aliphatic rings. The standard InChI is InChI=1S/C15H26N2O2/c1-5-9-16-12-13-7-6-8-14(18-4)15(13)19-11-10-17(2)3/h6-8,16H,5,9-12H2,1-4H3. The lowest BCUT2D eigenvalue weighted by Gasteiger charge is -2.17. The monoisotopic (exact) mass is 266 g/mol. The van der Waals surface area contributed by atoms with Crippen LogP contribution in [0.3, 0.4) is 0 Å². The highest BCUT2D eigenvalue weighted by Gasteiger charge is 2.10. The number of methoxy groups -OCH3 is 1. The number of rotatable bonds is 9. The zero-order valence-corrected chi connectivity index (χ0v) is 12.5. The molecule has 108 valence electrons. The van der Waals surface area contributed by atoms with Crippen LogP contribution in [0.25, 0.3) is 0 Å². The number of nitrogens with zero attached hydrogens (tertiary/aromatic N) is 1. The summed E-state index contributed by atoms with van der Waals surface area (Å²) in [5.74, 6) is 1.66. The number of likely N-dealkylation sites (N-methyl/N-ethyl adjacent to an activating group) is 1. The van der Waals surface area contributed by atoms with Gasteiger partial charge in [0.1, 0.15) is 6.61 Å². The molecule has 0 saturated carbocycles. The summed E-state index contributed by atoms with van der Waals surface area (Å²) < 4.78 is 11.3. The first-order chi connectivity index (χ1) is 9.19. The molecule has 0 amide bonds. The highest BCUT2D eigenvalue weighted by molar-refractivity contribution is 5.46. The average molecular weight is 266 g/mol. The van der Waals surface area contributed by atoms with Crippen LogP contribution in [-0.4, -0.2) is 45.8 Å². The van der Waals surface area contributed by atoms with Gasteiger partial charge in [-0.1, -0.05) is 19.1 Å². The topological polar surface area (TPSA) is 33.7 Å². The van der Waals surface area contributed by atoms with E-state index in [0.29, 0.717) is 6.61 Å². The number of nitrogens with one attached hydrogen (secondary N) is 1. The molecule has 0 unspecified atom stereocenters. The van der Waals surface area contributed by atoms with E-state index < -0.39 is 0 Å². The predicted molar refractivity (Wildman–Crippen MR) is 79.0 cm³/mol. The Labute approximate surface area is 116 Å². The van der Waals surface area contributed by atoms with Crippen molar-refractivity contribution in [2.45, 2.75) is 19.9 Å².